The normalized spacial score (nSPS) is 12.9. The van der Waals surface area contributed by atoms with Gasteiger partial charge >= 0.3 is 0 Å². The monoisotopic (exact) mass is 466 g/mol. The third-order valence-electron chi connectivity index (χ3n) is 4.81. The Kier molecular flexibility index (Phi) is 6.35. The number of pyridine rings is 1. The number of nitrogens with zero attached hydrogens (tertiary/aromatic N) is 5. The summed E-state index contributed by atoms with van der Waals surface area (Å²) in [5.41, 5.74) is 9.87. The highest BCUT2D eigenvalue weighted by Gasteiger charge is 2.18. The van der Waals surface area contributed by atoms with E-state index in [1.54, 1.807) is 29.1 Å². The first-order chi connectivity index (χ1) is 15.8. The quantitative estimate of drug-likeness (QED) is 0.288. The van der Waals surface area contributed by atoms with Crippen LogP contribution in [0.5, 0.6) is 0 Å². The van der Waals surface area contributed by atoms with Crippen molar-refractivity contribution in [3.05, 3.63) is 83.4 Å². The van der Waals surface area contributed by atoms with Gasteiger partial charge in [0.2, 0.25) is 0 Å². The van der Waals surface area contributed by atoms with E-state index in [0.29, 0.717) is 35.5 Å². The van der Waals surface area contributed by atoms with E-state index >= 15 is 0 Å². The third kappa shape index (κ3) is 5.71. The number of nitrogens with two attached hydrogens (primary N) is 1. The average Bonchev–Trinajstić information content (AvgIpc) is 3.43. The van der Waals surface area contributed by atoms with Gasteiger partial charge in [-0.05, 0) is 23.3 Å². The van der Waals surface area contributed by atoms with E-state index in [2.05, 4.69) is 20.8 Å². The van der Waals surface area contributed by atoms with Crippen LogP contribution in [0.1, 0.15) is 22.4 Å². The van der Waals surface area contributed by atoms with E-state index in [0.717, 1.165) is 11.1 Å². The molecule has 3 aromatic heterocycles. The number of hydrogen-bond acceptors (Lipinski definition) is 8. The molecule has 3 heterocycles. The van der Waals surface area contributed by atoms with Crippen LogP contribution >= 0.6 is 7.82 Å². The van der Waals surface area contributed by atoms with Crippen LogP contribution < -0.4 is 15.2 Å². The SMILES string of the molecule is N#Cc1cnn(Cc2ccc(Cc3cc(-c4ccc[n+](COP(=O)([O-])O)c4N)on3)cc2)c1. The summed E-state index contributed by atoms with van der Waals surface area (Å²) < 4.78 is 23.7. The van der Waals surface area contributed by atoms with Crippen LogP contribution in [0.25, 0.3) is 11.3 Å². The number of anilines is 1. The second kappa shape index (κ2) is 9.36. The summed E-state index contributed by atoms with van der Waals surface area (Å²) in [6, 6.07) is 15.1. The largest absolute Gasteiger partial charge is 0.756 e. The van der Waals surface area contributed by atoms with Gasteiger partial charge in [0.05, 0.1) is 30.2 Å². The molecule has 4 aromatic rings. The van der Waals surface area contributed by atoms with Crippen LogP contribution in [0.15, 0.2) is 65.6 Å². The van der Waals surface area contributed by atoms with Gasteiger partial charge in [-0.2, -0.15) is 10.4 Å². The van der Waals surface area contributed by atoms with E-state index in [1.165, 1.54) is 17.0 Å². The second-order valence-corrected chi connectivity index (χ2v) is 8.41. The summed E-state index contributed by atoms with van der Waals surface area (Å²) in [6.07, 6.45) is 5.26. The predicted molar refractivity (Wildman–Crippen MR) is 113 cm³/mol. The Bertz CT molecular complexity index is 1350. The molecule has 0 fully saturated rings. The molecule has 0 saturated heterocycles. The number of phosphoric acid groups is 1. The Morgan fingerprint density at radius 1 is 1.30 bits per heavy atom. The van der Waals surface area contributed by atoms with Crippen molar-refractivity contribution in [3.63, 3.8) is 0 Å². The lowest BCUT2D eigenvalue weighted by Crippen LogP contribution is -2.38. The van der Waals surface area contributed by atoms with Crippen molar-refractivity contribution >= 4 is 13.6 Å². The molecule has 168 valence electrons. The number of aromatic nitrogens is 4. The third-order valence-corrected chi connectivity index (χ3v) is 5.26. The first kappa shape index (κ1) is 22.4. The number of nitriles is 1. The lowest BCUT2D eigenvalue weighted by molar-refractivity contribution is -0.712. The molecule has 3 N–H and O–H groups in total. The highest BCUT2D eigenvalue weighted by molar-refractivity contribution is 7.44. The molecule has 0 aliphatic carbocycles. The van der Waals surface area contributed by atoms with Crippen molar-refractivity contribution < 1.29 is 28.0 Å². The molecule has 0 aliphatic heterocycles. The van der Waals surface area contributed by atoms with E-state index in [-0.39, 0.29) is 5.82 Å². The summed E-state index contributed by atoms with van der Waals surface area (Å²) in [5, 5.41) is 17.1. The fourth-order valence-corrected chi connectivity index (χ4v) is 3.48. The fraction of sp³-hybridized carbons (Fsp3) is 0.143. The molecular weight excluding hydrogens is 447 g/mol. The molecule has 0 radical (unpaired) electrons. The summed E-state index contributed by atoms with van der Waals surface area (Å²) in [5.74, 6) is 0.603. The Hall–Kier alpha value is -3.81. The molecule has 0 bridgehead atoms. The lowest BCUT2D eigenvalue weighted by atomic mass is 10.1. The van der Waals surface area contributed by atoms with Gasteiger partial charge in [-0.3, -0.25) is 19.5 Å². The summed E-state index contributed by atoms with van der Waals surface area (Å²) in [6.45, 7) is 0.0891. The smallest absolute Gasteiger partial charge is 0.285 e. The standard InChI is InChI=1S/C21H19N6O5P/c22-10-17-11-24-27(13-17)12-16-5-3-15(4-6-16)8-18-9-20(32-25-18)19-2-1-7-26(21(19)23)14-31-33(28,29)30/h1-7,9,11,13,23H,8,12,14H2,(H2,28,29,30). The van der Waals surface area contributed by atoms with Gasteiger partial charge in [-0.15, -0.1) is 0 Å². The minimum atomic E-state index is -4.88. The van der Waals surface area contributed by atoms with Gasteiger partial charge < -0.3 is 14.3 Å². The van der Waals surface area contributed by atoms with Crippen LogP contribution in [0, 0.1) is 11.3 Å². The number of nitrogen functional groups attached to an aromatic ring is 1. The van der Waals surface area contributed by atoms with E-state index < -0.39 is 14.6 Å². The van der Waals surface area contributed by atoms with Crippen LogP contribution in [-0.4, -0.2) is 19.8 Å². The summed E-state index contributed by atoms with van der Waals surface area (Å²) in [7, 11) is -4.88. The summed E-state index contributed by atoms with van der Waals surface area (Å²) in [4.78, 5) is 19.6. The number of benzene rings is 1. The summed E-state index contributed by atoms with van der Waals surface area (Å²) >= 11 is 0. The molecule has 12 heteroatoms. The molecule has 1 unspecified atom stereocenters. The number of rotatable bonds is 8. The van der Waals surface area contributed by atoms with Crippen molar-refractivity contribution in [1.82, 2.24) is 14.9 Å². The maximum absolute atomic E-state index is 10.8. The maximum Gasteiger partial charge on any atom is 0.285 e. The predicted octanol–water partition coefficient (Wildman–Crippen LogP) is 1.35. The van der Waals surface area contributed by atoms with Crippen LogP contribution in [0.4, 0.5) is 5.82 Å². The number of phosphoric ester groups is 1. The van der Waals surface area contributed by atoms with Gasteiger partial charge in [0.25, 0.3) is 13.6 Å². The zero-order valence-corrected chi connectivity index (χ0v) is 18.1. The molecule has 0 amide bonds. The van der Waals surface area contributed by atoms with Crippen LogP contribution in [0.3, 0.4) is 0 Å². The van der Waals surface area contributed by atoms with E-state index in [4.69, 9.17) is 20.4 Å². The van der Waals surface area contributed by atoms with Crippen molar-refractivity contribution in [2.45, 2.75) is 19.7 Å². The Balaban J connectivity index is 1.44. The maximum atomic E-state index is 10.8. The van der Waals surface area contributed by atoms with Crippen molar-refractivity contribution in [2.24, 2.45) is 0 Å². The number of hydrogen-bond donors (Lipinski definition) is 2. The zero-order chi connectivity index (χ0) is 23.4. The van der Waals surface area contributed by atoms with Crippen molar-refractivity contribution in [3.8, 4) is 17.4 Å². The second-order valence-electron chi connectivity index (χ2n) is 7.22. The first-order valence-corrected chi connectivity index (χ1v) is 11.2. The van der Waals surface area contributed by atoms with Gasteiger partial charge in [-0.1, -0.05) is 29.4 Å². The average molecular weight is 466 g/mol. The fourth-order valence-electron chi connectivity index (χ4n) is 3.21. The zero-order valence-electron chi connectivity index (χ0n) is 17.2. The first-order valence-electron chi connectivity index (χ1n) is 9.73. The van der Waals surface area contributed by atoms with Gasteiger partial charge in [-0.25, -0.2) is 4.57 Å². The Morgan fingerprint density at radius 2 is 2.06 bits per heavy atom. The molecule has 1 aromatic carbocycles. The Labute approximate surface area is 188 Å². The highest BCUT2D eigenvalue weighted by atomic mass is 31.2. The van der Waals surface area contributed by atoms with Gasteiger partial charge in [0.1, 0.15) is 11.6 Å². The van der Waals surface area contributed by atoms with Gasteiger partial charge in [0.15, 0.2) is 12.5 Å². The van der Waals surface area contributed by atoms with E-state index in [9.17, 15) is 9.46 Å². The highest BCUT2D eigenvalue weighted by Crippen LogP contribution is 2.30. The van der Waals surface area contributed by atoms with Crippen LogP contribution in [0.2, 0.25) is 0 Å². The molecule has 4 rings (SSSR count). The Morgan fingerprint density at radius 3 is 2.76 bits per heavy atom. The minimum absolute atomic E-state index is 0.191. The van der Waals surface area contributed by atoms with E-state index in [1.807, 2.05) is 24.3 Å². The molecular formula is C21H19N6O5P. The molecule has 11 nitrogen and oxygen atoms in total. The van der Waals surface area contributed by atoms with Crippen LogP contribution in [-0.2, 0) is 28.8 Å². The minimum Gasteiger partial charge on any atom is -0.756 e. The van der Waals surface area contributed by atoms with Gasteiger partial charge in [0, 0.05) is 18.7 Å². The molecule has 0 aliphatic rings. The molecule has 0 spiro atoms. The molecule has 0 saturated carbocycles. The molecule has 1 atom stereocenters. The van der Waals surface area contributed by atoms with Crippen molar-refractivity contribution in [1.29, 1.82) is 5.26 Å². The molecule has 33 heavy (non-hydrogen) atoms. The van der Waals surface area contributed by atoms with Crippen molar-refractivity contribution in [2.75, 3.05) is 5.73 Å². The lowest BCUT2D eigenvalue weighted by Gasteiger charge is -2.14. The topological polar surface area (TPSA) is 167 Å².